The predicted molar refractivity (Wildman–Crippen MR) is 70.4 cm³/mol. The topological polar surface area (TPSA) is 21.3 Å². The molecule has 0 radical (unpaired) electrons. The van der Waals surface area contributed by atoms with E-state index in [-0.39, 0.29) is 11.5 Å². The molecule has 94 valence electrons. The summed E-state index contributed by atoms with van der Waals surface area (Å²) in [7, 11) is 1.79. The van der Waals surface area contributed by atoms with Crippen LogP contribution in [0.5, 0.6) is 0 Å². The van der Waals surface area contributed by atoms with E-state index in [0.29, 0.717) is 6.04 Å². The lowest BCUT2D eigenvalue weighted by Crippen LogP contribution is -2.47. The second-order valence-electron chi connectivity index (χ2n) is 5.21. The number of methoxy groups -OCH3 is 1. The van der Waals surface area contributed by atoms with Crippen LogP contribution in [-0.2, 0) is 4.74 Å². The van der Waals surface area contributed by atoms with E-state index in [2.05, 4.69) is 44.9 Å². The van der Waals surface area contributed by atoms with Crippen LogP contribution in [0.2, 0.25) is 0 Å². The van der Waals surface area contributed by atoms with Crippen molar-refractivity contribution in [3.63, 3.8) is 0 Å². The van der Waals surface area contributed by atoms with Gasteiger partial charge in [-0.15, -0.1) is 11.8 Å². The number of rotatable bonds is 6. The van der Waals surface area contributed by atoms with Crippen LogP contribution in [0, 0.1) is 17.3 Å². The summed E-state index contributed by atoms with van der Waals surface area (Å²) in [5.74, 6) is 6.11. The summed E-state index contributed by atoms with van der Waals surface area (Å²) in [5, 5.41) is 3.53. The summed E-state index contributed by atoms with van der Waals surface area (Å²) in [6.45, 7) is 11.7. The van der Waals surface area contributed by atoms with Crippen molar-refractivity contribution in [2.75, 3.05) is 13.7 Å². The van der Waals surface area contributed by atoms with Crippen molar-refractivity contribution in [3.05, 3.63) is 0 Å². The lowest BCUT2D eigenvalue weighted by atomic mass is 9.83. The molecule has 0 aromatic carbocycles. The molecular weight excluding hydrogens is 198 g/mol. The van der Waals surface area contributed by atoms with Crippen molar-refractivity contribution in [2.45, 2.75) is 59.6 Å². The van der Waals surface area contributed by atoms with Crippen molar-refractivity contribution in [2.24, 2.45) is 5.41 Å². The smallest absolute Gasteiger partial charge is 0.0781 e. The molecule has 2 unspecified atom stereocenters. The van der Waals surface area contributed by atoms with Gasteiger partial charge in [0.05, 0.1) is 6.10 Å². The molecule has 0 rings (SSSR count). The molecule has 0 heterocycles. The van der Waals surface area contributed by atoms with Crippen LogP contribution in [-0.4, -0.2) is 25.8 Å². The maximum Gasteiger partial charge on any atom is 0.0781 e. The summed E-state index contributed by atoms with van der Waals surface area (Å²) in [6, 6.07) is 0.317. The second-order valence-corrected chi connectivity index (χ2v) is 5.21. The molecule has 2 heteroatoms. The standard InChI is InChI=1S/C14H27NO/c1-7-9-10-12(15-11-8-2)13(16-6)14(3,4)5/h12-13,15H,8,10-11H2,1-6H3. The fourth-order valence-corrected chi connectivity index (χ4v) is 1.95. The van der Waals surface area contributed by atoms with Gasteiger partial charge in [0.15, 0.2) is 0 Å². The van der Waals surface area contributed by atoms with E-state index in [4.69, 9.17) is 4.74 Å². The van der Waals surface area contributed by atoms with Gasteiger partial charge in [-0.05, 0) is 25.3 Å². The molecule has 0 saturated heterocycles. The van der Waals surface area contributed by atoms with Gasteiger partial charge in [0, 0.05) is 19.6 Å². The Kier molecular flexibility index (Phi) is 7.45. The molecule has 2 nitrogen and oxygen atoms in total. The maximum atomic E-state index is 5.64. The van der Waals surface area contributed by atoms with Gasteiger partial charge in [-0.2, -0.15) is 0 Å². The first-order valence-corrected chi connectivity index (χ1v) is 6.13. The van der Waals surface area contributed by atoms with Gasteiger partial charge in [-0.25, -0.2) is 0 Å². The quantitative estimate of drug-likeness (QED) is 0.702. The number of hydrogen-bond acceptors (Lipinski definition) is 2. The monoisotopic (exact) mass is 225 g/mol. The van der Waals surface area contributed by atoms with E-state index in [1.165, 1.54) is 0 Å². The zero-order valence-electron chi connectivity index (χ0n) is 11.7. The Balaban J connectivity index is 4.59. The molecule has 0 amide bonds. The van der Waals surface area contributed by atoms with Crippen LogP contribution in [0.4, 0.5) is 0 Å². The van der Waals surface area contributed by atoms with E-state index in [1.807, 2.05) is 6.92 Å². The van der Waals surface area contributed by atoms with E-state index in [1.54, 1.807) is 7.11 Å². The molecule has 0 aliphatic carbocycles. The minimum Gasteiger partial charge on any atom is -0.379 e. The highest BCUT2D eigenvalue weighted by Gasteiger charge is 2.31. The first-order chi connectivity index (χ1) is 7.47. The zero-order chi connectivity index (χ0) is 12.6. The zero-order valence-corrected chi connectivity index (χ0v) is 11.7. The van der Waals surface area contributed by atoms with Crippen LogP contribution >= 0.6 is 0 Å². The fraction of sp³-hybridized carbons (Fsp3) is 0.857. The Morgan fingerprint density at radius 2 is 1.94 bits per heavy atom. The Labute approximate surface area is 101 Å². The second kappa shape index (κ2) is 7.70. The number of nitrogens with one attached hydrogen (secondary N) is 1. The fourth-order valence-electron chi connectivity index (χ4n) is 1.95. The Hall–Kier alpha value is -0.520. The third kappa shape index (κ3) is 5.53. The van der Waals surface area contributed by atoms with Crippen LogP contribution in [0.15, 0.2) is 0 Å². The average Bonchev–Trinajstić information content (AvgIpc) is 2.20. The molecule has 0 aliphatic heterocycles. The molecule has 0 aromatic heterocycles. The summed E-state index contributed by atoms with van der Waals surface area (Å²) >= 11 is 0. The largest absolute Gasteiger partial charge is 0.379 e. The van der Waals surface area contributed by atoms with Crippen molar-refractivity contribution in [1.29, 1.82) is 0 Å². The third-order valence-corrected chi connectivity index (χ3v) is 2.63. The highest BCUT2D eigenvalue weighted by atomic mass is 16.5. The van der Waals surface area contributed by atoms with Crippen molar-refractivity contribution in [1.82, 2.24) is 5.32 Å². The molecular formula is C14H27NO. The van der Waals surface area contributed by atoms with Gasteiger partial charge >= 0.3 is 0 Å². The van der Waals surface area contributed by atoms with Crippen molar-refractivity contribution < 1.29 is 4.74 Å². The predicted octanol–water partition coefficient (Wildman–Crippen LogP) is 2.83. The molecule has 1 N–H and O–H groups in total. The SMILES string of the molecule is CC#CCC(NCCC)C(OC)C(C)(C)C. The minimum atomic E-state index is 0.135. The molecule has 0 bridgehead atoms. The van der Waals surface area contributed by atoms with E-state index >= 15 is 0 Å². The van der Waals surface area contributed by atoms with Crippen molar-refractivity contribution >= 4 is 0 Å². The maximum absolute atomic E-state index is 5.64. The molecule has 2 atom stereocenters. The Morgan fingerprint density at radius 3 is 2.31 bits per heavy atom. The van der Waals surface area contributed by atoms with Crippen LogP contribution < -0.4 is 5.32 Å². The van der Waals surface area contributed by atoms with Crippen molar-refractivity contribution in [3.8, 4) is 11.8 Å². The average molecular weight is 225 g/mol. The van der Waals surface area contributed by atoms with Gasteiger partial charge in [0.25, 0.3) is 0 Å². The highest BCUT2D eigenvalue weighted by Crippen LogP contribution is 2.25. The number of ether oxygens (including phenoxy) is 1. The highest BCUT2D eigenvalue weighted by molar-refractivity contribution is 5.01. The minimum absolute atomic E-state index is 0.135. The van der Waals surface area contributed by atoms with E-state index in [0.717, 1.165) is 19.4 Å². The van der Waals surface area contributed by atoms with Crippen LogP contribution in [0.3, 0.4) is 0 Å². The van der Waals surface area contributed by atoms with Crippen LogP contribution in [0.25, 0.3) is 0 Å². The molecule has 0 aliphatic rings. The third-order valence-electron chi connectivity index (χ3n) is 2.63. The normalized spacial score (nSPS) is 15.1. The van der Waals surface area contributed by atoms with E-state index < -0.39 is 0 Å². The summed E-state index contributed by atoms with van der Waals surface area (Å²) in [4.78, 5) is 0. The molecule has 16 heavy (non-hydrogen) atoms. The molecule has 0 fully saturated rings. The lowest BCUT2D eigenvalue weighted by Gasteiger charge is -2.35. The lowest BCUT2D eigenvalue weighted by molar-refractivity contribution is -0.00980. The number of hydrogen-bond donors (Lipinski definition) is 1. The molecule has 0 spiro atoms. The summed E-state index contributed by atoms with van der Waals surface area (Å²) in [6.07, 6.45) is 2.18. The van der Waals surface area contributed by atoms with Gasteiger partial charge in [-0.3, -0.25) is 0 Å². The van der Waals surface area contributed by atoms with Gasteiger partial charge in [-0.1, -0.05) is 27.7 Å². The van der Waals surface area contributed by atoms with E-state index in [9.17, 15) is 0 Å². The molecule has 0 saturated carbocycles. The summed E-state index contributed by atoms with van der Waals surface area (Å²) < 4.78 is 5.64. The first kappa shape index (κ1) is 15.5. The first-order valence-electron chi connectivity index (χ1n) is 6.13. The molecule has 0 aromatic rings. The van der Waals surface area contributed by atoms with Crippen LogP contribution in [0.1, 0.15) is 47.5 Å². The van der Waals surface area contributed by atoms with Gasteiger partial charge < -0.3 is 10.1 Å². The summed E-state index contributed by atoms with van der Waals surface area (Å²) in [5.41, 5.74) is 0.135. The van der Waals surface area contributed by atoms with Gasteiger partial charge in [0.1, 0.15) is 0 Å². The Bertz CT molecular complexity index is 231. The van der Waals surface area contributed by atoms with Gasteiger partial charge in [0.2, 0.25) is 0 Å². The Morgan fingerprint density at radius 1 is 1.31 bits per heavy atom.